The van der Waals surface area contributed by atoms with E-state index in [1.54, 1.807) is 19.1 Å². The Kier molecular flexibility index (Phi) is 5.62. The van der Waals surface area contributed by atoms with E-state index < -0.39 is 10.0 Å². The average Bonchev–Trinajstić information content (AvgIpc) is 2.38. The zero-order valence-electron chi connectivity index (χ0n) is 11.6. The zero-order valence-corrected chi connectivity index (χ0v) is 12.5. The van der Waals surface area contributed by atoms with Crippen molar-refractivity contribution in [1.29, 1.82) is 0 Å². The third-order valence-electron chi connectivity index (χ3n) is 2.86. The van der Waals surface area contributed by atoms with Crippen LogP contribution in [-0.4, -0.2) is 21.1 Å². The number of nitrogen functional groups attached to an aromatic ring is 1. The van der Waals surface area contributed by atoms with Gasteiger partial charge in [-0.1, -0.05) is 13.8 Å². The molecule has 5 nitrogen and oxygen atoms in total. The Morgan fingerprint density at radius 2 is 1.89 bits per heavy atom. The first-order chi connectivity index (χ1) is 8.94. The standard InChI is InChI=1S/C13H22N2O3S/c1-4-11(5-2)15-19(16,17)13-9-10(14)7-8-12(13)18-6-3/h7-9,11,15H,4-6,14H2,1-3H3. The molecule has 0 fully saturated rings. The Hall–Kier alpha value is -1.27. The van der Waals surface area contributed by atoms with Crippen LogP contribution in [0.1, 0.15) is 33.6 Å². The zero-order chi connectivity index (χ0) is 14.5. The fourth-order valence-corrected chi connectivity index (χ4v) is 3.33. The molecule has 0 aromatic heterocycles. The van der Waals surface area contributed by atoms with Crippen LogP contribution in [-0.2, 0) is 10.0 Å². The lowest BCUT2D eigenvalue weighted by atomic mass is 10.2. The molecule has 0 aliphatic rings. The van der Waals surface area contributed by atoms with Crippen molar-refractivity contribution in [2.45, 2.75) is 44.6 Å². The number of hydrogen-bond acceptors (Lipinski definition) is 4. The van der Waals surface area contributed by atoms with E-state index in [1.807, 2.05) is 13.8 Å². The lowest BCUT2D eigenvalue weighted by Gasteiger charge is -2.17. The maximum atomic E-state index is 12.4. The van der Waals surface area contributed by atoms with Gasteiger partial charge in [-0.15, -0.1) is 0 Å². The molecule has 0 radical (unpaired) electrons. The normalized spacial score (nSPS) is 11.8. The Balaban J connectivity index is 3.15. The molecule has 0 aliphatic carbocycles. The number of nitrogens with one attached hydrogen (secondary N) is 1. The van der Waals surface area contributed by atoms with Crippen LogP contribution in [0, 0.1) is 0 Å². The third-order valence-corrected chi connectivity index (χ3v) is 4.41. The molecule has 0 atom stereocenters. The number of benzene rings is 1. The van der Waals surface area contributed by atoms with Crippen molar-refractivity contribution in [3.63, 3.8) is 0 Å². The van der Waals surface area contributed by atoms with Gasteiger partial charge in [0.1, 0.15) is 10.6 Å². The fourth-order valence-electron chi connectivity index (χ4n) is 1.75. The predicted octanol–water partition coefficient (Wildman–Crippen LogP) is 2.13. The summed E-state index contributed by atoms with van der Waals surface area (Å²) in [5.74, 6) is 0.329. The second-order valence-corrected chi connectivity index (χ2v) is 5.96. The van der Waals surface area contributed by atoms with Gasteiger partial charge < -0.3 is 10.5 Å². The SMILES string of the molecule is CCOc1ccc(N)cc1S(=O)(=O)NC(CC)CC. The minimum atomic E-state index is -3.61. The monoisotopic (exact) mass is 286 g/mol. The molecule has 1 aromatic rings. The van der Waals surface area contributed by atoms with E-state index in [4.69, 9.17) is 10.5 Å². The van der Waals surface area contributed by atoms with Crippen LogP contribution >= 0.6 is 0 Å². The molecule has 0 bridgehead atoms. The maximum Gasteiger partial charge on any atom is 0.244 e. The van der Waals surface area contributed by atoms with Gasteiger partial charge in [-0.2, -0.15) is 0 Å². The first kappa shape index (κ1) is 15.8. The number of ether oxygens (including phenoxy) is 1. The molecule has 0 aliphatic heterocycles. The summed E-state index contributed by atoms with van der Waals surface area (Å²) in [7, 11) is -3.61. The van der Waals surface area contributed by atoms with Crippen molar-refractivity contribution in [3.8, 4) is 5.75 Å². The lowest BCUT2D eigenvalue weighted by molar-refractivity contribution is 0.331. The molecular formula is C13H22N2O3S. The second-order valence-electron chi connectivity index (χ2n) is 4.27. The summed E-state index contributed by atoms with van der Waals surface area (Å²) in [5.41, 5.74) is 6.07. The number of anilines is 1. The van der Waals surface area contributed by atoms with Crippen LogP contribution < -0.4 is 15.2 Å². The van der Waals surface area contributed by atoms with Crippen molar-refractivity contribution >= 4 is 15.7 Å². The summed E-state index contributed by atoms with van der Waals surface area (Å²) in [5, 5.41) is 0. The van der Waals surface area contributed by atoms with Crippen LogP contribution in [0.3, 0.4) is 0 Å². The molecule has 1 aromatic carbocycles. The van der Waals surface area contributed by atoms with Crippen LogP contribution in [0.2, 0.25) is 0 Å². The number of hydrogen-bond donors (Lipinski definition) is 2. The first-order valence-corrected chi connectivity index (χ1v) is 7.97. The minimum absolute atomic E-state index is 0.0825. The van der Waals surface area contributed by atoms with Gasteiger partial charge in [0.15, 0.2) is 0 Å². The van der Waals surface area contributed by atoms with E-state index in [2.05, 4.69) is 4.72 Å². The van der Waals surface area contributed by atoms with Gasteiger partial charge in [-0.3, -0.25) is 0 Å². The van der Waals surface area contributed by atoms with E-state index in [9.17, 15) is 8.42 Å². The van der Waals surface area contributed by atoms with Crippen molar-refractivity contribution in [2.24, 2.45) is 0 Å². The molecule has 0 unspecified atom stereocenters. The Morgan fingerprint density at radius 3 is 2.42 bits per heavy atom. The highest BCUT2D eigenvalue weighted by molar-refractivity contribution is 7.89. The fraction of sp³-hybridized carbons (Fsp3) is 0.538. The molecular weight excluding hydrogens is 264 g/mol. The summed E-state index contributed by atoms with van der Waals surface area (Å²) in [6.45, 7) is 6.09. The first-order valence-electron chi connectivity index (χ1n) is 6.49. The summed E-state index contributed by atoms with van der Waals surface area (Å²) < 4.78 is 32.7. The van der Waals surface area contributed by atoms with Gasteiger partial charge in [0.05, 0.1) is 6.61 Å². The highest BCUT2D eigenvalue weighted by Gasteiger charge is 2.22. The molecule has 3 N–H and O–H groups in total. The number of sulfonamides is 1. The third kappa shape index (κ3) is 4.11. The van der Waals surface area contributed by atoms with Gasteiger partial charge in [-0.25, -0.2) is 13.1 Å². The Morgan fingerprint density at radius 1 is 1.26 bits per heavy atom. The molecule has 0 heterocycles. The summed E-state index contributed by atoms with van der Waals surface area (Å²) >= 11 is 0. The Bertz CT molecular complexity index is 511. The van der Waals surface area contributed by atoms with Crippen molar-refractivity contribution in [1.82, 2.24) is 4.72 Å². The molecule has 1 rings (SSSR count). The van der Waals surface area contributed by atoms with Crippen molar-refractivity contribution in [3.05, 3.63) is 18.2 Å². The predicted molar refractivity (Wildman–Crippen MR) is 76.7 cm³/mol. The molecule has 0 amide bonds. The number of nitrogens with two attached hydrogens (primary N) is 1. The highest BCUT2D eigenvalue weighted by Crippen LogP contribution is 2.26. The second kappa shape index (κ2) is 6.77. The molecule has 19 heavy (non-hydrogen) atoms. The van der Waals surface area contributed by atoms with Gasteiger partial charge in [0.2, 0.25) is 10.0 Å². The average molecular weight is 286 g/mol. The Labute approximate surface area is 115 Å². The quantitative estimate of drug-likeness (QED) is 0.752. The van der Waals surface area contributed by atoms with E-state index in [-0.39, 0.29) is 10.9 Å². The van der Waals surface area contributed by atoms with Crippen molar-refractivity contribution < 1.29 is 13.2 Å². The minimum Gasteiger partial charge on any atom is -0.492 e. The highest BCUT2D eigenvalue weighted by atomic mass is 32.2. The van der Waals surface area contributed by atoms with Crippen LogP contribution in [0.4, 0.5) is 5.69 Å². The maximum absolute atomic E-state index is 12.4. The van der Waals surface area contributed by atoms with E-state index in [0.717, 1.165) is 12.8 Å². The lowest BCUT2D eigenvalue weighted by Crippen LogP contribution is -2.34. The van der Waals surface area contributed by atoms with Crippen LogP contribution in [0.15, 0.2) is 23.1 Å². The summed E-state index contributed by atoms with van der Waals surface area (Å²) in [4.78, 5) is 0.0984. The molecule has 0 saturated carbocycles. The molecule has 108 valence electrons. The van der Waals surface area contributed by atoms with Gasteiger partial charge >= 0.3 is 0 Å². The topological polar surface area (TPSA) is 81.4 Å². The largest absolute Gasteiger partial charge is 0.492 e. The molecule has 0 saturated heterocycles. The molecule has 6 heteroatoms. The summed E-state index contributed by atoms with van der Waals surface area (Å²) in [6.07, 6.45) is 1.48. The number of rotatable bonds is 7. The van der Waals surface area contributed by atoms with Gasteiger partial charge in [-0.05, 0) is 38.0 Å². The van der Waals surface area contributed by atoms with Crippen LogP contribution in [0.5, 0.6) is 5.75 Å². The van der Waals surface area contributed by atoms with Crippen molar-refractivity contribution in [2.75, 3.05) is 12.3 Å². The van der Waals surface area contributed by atoms with E-state index >= 15 is 0 Å². The van der Waals surface area contributed by atoms with Gasteiger partial charge in [0.25, 0.3) is 0 Å². The van der Waals surface area contributed by atoms with E-state index in [0.29, 0.717) is 18.0 Å². The van der Waals surface area contributed by atoms with E-state index in [1.165, 1.54) is 6.07 Å². The summed E-state index contributed by atoms with van der Waals surface area (Å²) in [6, 6.07) is 4.55. The molecule has 0 spiro atoms. The van der Waals surface area contributed by atoms with Crippen LogP contribution in [0.25, 0.3) is 0 Å². The van der Waals surface area contributed by atoms with Gasteiger partial charge in [0, 0.05) is 11.7 Å². The smallest absolute Gasteiger partial charge is 0.244 e.